The number of hydrogen-bond acceptors (Lipinski definition) is 4. The first kappa shape index (κ1) is 21.8. The molecule has 0 unspecified atom stereocenters. The maximum atomic E-state index is 12.3. The lowest BCUT2D eigenvalue weighted by molar-refractivity contribution is -0.880. The molecule has 2 N–H and O–H groups in total. The van der Waals surface area contributed by atoms with E-state index in [-0.39, 0.29) is 24.5 Å². The molecule has 2 aromatic rings. The van der Waals surface area contributed by atoms with Crippen molar-refractivity contribution in [3.8, 4) is 5.75 Å². The molecule has 6 heteroatoms. The summed E-state index contributed by atoms with van der Waals surface area (Å²) in [4.78, 5) is 28.5. The lowest BCUT2D eigenvalue weighted by atomic mass is 10.1. The van der Waals surface area contributed by atoms with E-state index in [2.05, 4.69) is 17.3 Å². The van der Waals surface area contributed by atoms with Crippen LogP contribution in [0.15, 0.2) is 48.5 Å². The smallest absolute Gasteiger partial charge is 0.224 e. The second-order valence-corrected chi connectivity index (χ2v) is 7.84. The maximum Gasteiger partial charge on any atom is 0.224 e. The van der Waals surface area contributed by atoms with Crippen molar-refractivity contribution < 1.29 is 19.2 Å². The van der Waals surface area contributed by atoms with E-state index in [1.165, 1.54) is 5.69 Å². The summed E-state index contributed by atoms with van der Waals surface area (Å²) in [7, 11) is 2.22. The fourth-order valence-electron chi connectivity index (χ4n) is 3.45. The van der Waals surface area contributed by atoms with Gasteiger partial charge in [-0.25, -0.2) is 0 Å². The molecule has 0 aromatic heterocycles. The van der Waals surface area contributed by atoms with Crippen molar-refractivity contribution in [2.24, 2.45) is 0 Å². The monoisotopic (exact) mass is 410 g/mol. The van der Waals surface area contributed by atoms with Gasteiger partial charge in [-0.3, -0.25) is 9.59 Å². The van der Waals surface area contributed by atoms with Gasteiger partial charge in [-0.1, -0.05) is 6.92 Å². The summed E-state index contributed by atoms with van der Waals surface area (Å²) in [5.74, 6) is 0.564. The van der Waals surface area contributed by atoms with Gasteiger partial charge >= 0.3 is 0 Å². The SMILES string of the molecule is CCCOc1ccc(C(=O)CCC(=O)Nc2ccc(N3CC[NH+](C)CC3)cc2)cc1. The number of rotatable bonds is 9. The number of likely N-dealkylation sites (N-methyl/N-ethyl adjacent to an activating group) is 1. The number of hydrogen-bond donors (Lipinski definition) is 2. The van der Waals surface area contributed by atoms with Crippen LogP contribution < -0.4 is 19.9 Å². The fraction of sp³-hybridized carbons (Fsp3) is 0.417. The number of ether oxygens (including phenoxy) is 1. The molecule has 0 saturated carbocycles. The lowest BCUT2D eigenvalue weighted by Gasteiger charge is -2.31. The lowest BCUT2D eigenvalue weighted by Crippen LogP contribution is -3.12. The van der Waals surface area contributed by atoms with Crippen LogP contribution in [0.1, 0.15) is 36.5 Å². The number of anilines is 2. The summed E-state index contributed by atoms with van der Waals surface area (Å²) in [6.45, 7) is 7.08. The minimum absolute atomic E-state index is 0.0419. The Kier molecular flexibility index (Phi) is 7.85. The molecule has 2 aromatic carbocycles. The molecule has 0 atom stereocenters. The molecule has 1 aliphatic rings. The molecule has 0 bridgehead atoms. The zero-order chi connectivity index (χ0) is 21.3. The van der Waals surface area contributed by atoms with Crippen molar-refractivity contribution in [2.75, 3.05) is 50.1 Å². The largest absolute Gasteiger partial charge is 0.494 e. The Morgan fingerprint density at radius 3 is 2.30 bits per heavy atom. The quantitative estimate of drug-likeness (QED) is 0.624. The highest BCUT2D eigenvalue weighted by molar-refractivity contribution is 6.00. The zero-order valence-corrected chi connectivity index (χ0v) is 17.9. The van der Waals surface area contributed by atoms with Crippen LogP contribution in [-0.2, 0) is 4.79 Å². The summed E-state index contributed by atoms with van der Waals surface area (Å²) in [6, 6.07) is 15.0. The molecule has 1 saturated heterocycles. The van der Waals surface area contributed by atoms with Gasteiger partial charge in [0.15, 0.2) is 5.78 Å². The number of nitrogens with zero attached hydrogens (tertiary/aromatic N) is 1. The van der Waals surface area contributed by atoms with E-state index in [0.717, 1.165) is 44.0 Å². The third-order valence-corrected chi connectivity index (χ3v) is 5.36. The normalized spacial score (nSPS) is 14.4. The van der Waals surface area contributed by atoms with Crippen molar-refractivity contribution in [1.29, 1.82) is 0 Å². The molecular formula is C24H32N3O3+. The van der Waals surface area contributed by atoms with Gasteiger partial charge < -0.3 is 19.9 Å². The molecule has 1 fully saturated rings. The average Bonchev–Trinajstić information content (AvgIpc) is 2.77. The average molecular weight is 411 g/mol. The summed E-state index contributed by atoms with van der Waals surface area (Å²) in [6.07, 6.45) is 1.29. The number of ketones is 1. The Hall–Kier alpha value is -2.86. The highest BCUT2D eigenvalue weighted by atomic mass is 16.5. The van der Waals surface area contributed by atoms with E-state index in [4.69, 9.17) is 4.74 Å². The Bertz CT molecular complexity index is 826. The topological polar surface area (TPSA) is 63.1 Å². The van der Waals surface area contributed by atoms with Crippen molar-refractivity contribution in [2.45, 2.75) is 26.2 Å². The molecule has 160 valence electrons. The predicted molar refractivity (Wildman–Crippen MR) is 120 cm³/mol. The first-order chi connectivity index (χ1) is 14.5. The minimum Gasteiger partial charge on any atom is -0.494 e. The van der Waals surface area contributed by atoms with Gasteiger partial charge in [-0.15, -0.1) is 0 Å². The van der Waals surface area contributed by atoms with Crippen molar-refractivity contribution in [1.82, 2.24) is 0 Å². The Labute approximate surface area is 178 Å². The van der Waals surface area contributed by atoms with Crippen LogP contribution in [0.2, 0.25) is 0 Å². The van der Waals surface area contributed by atoms with Crippen molar-refractivity contribution >= 4 is 23.1 Å². The molecule has 0 aliphatic carbocycles. The Morgan fingerprint density at radius 1 is 1.00 bits per heavy atom. The number of benzene rings is 2. The van der Waals surface area contributed by atoms with E-state index < -0.39 is 0 Å². The molecule has 0 spiro atoms. The van der Waals surface area contributed by atoms with E-state index in [1.807, 2.05) is 31.2 Å². The first-order valence-electron chi connectivity index (χ1n) is 10.8. The van der Waals surface area contributed by atoms with Crippen LogP contribution in [0.5, 0.6) is 5.75 Å². The standard InChI is InChI=1S/C24H31N3O3/c1-3-18-30-22-10-4-19(5-11-22)23(28)12-13-24(29)25-20-6-8-21(9-7-20)27-16-14-26(2)15-17-27/h4-11H,3,12-18H2,1-2H3,(H,25,29)/p+1. The Balaban J connectivity index is 1.44. The molecule has 1 aliphatic heterocycles. The third-order valence-electron chi connectivity index (χ3n) is 5.36. The highest BCUT2D eigenvalue weighted by Gasteiger charge is 2.17. The Morgan fingerprint density at radius 2 is 1.67 bits per heavy atom. The first-order valence-corrected chi connectivity index (χ1v) is 10.8. The van der Waals surface area contributed by atoms with Crippen LogP contribution in [0.25, 0.3) is 0 Å². The van der Waals surface area contributed by atoms with Crippen LogP contribution in [0.4, 0.5) is 11.4 Å². The third kappa shape index (κ3) is 6.32. The van der Waals surface area contributed by atoms with Crippen molar-refractivity contribution in [3.63, 3.8) is 0 Å². The van der Waals surface area contributed by atoms with Gasteiger partial charge in [-0.2, -0.15) is 0 Å². The molecule has 3 rings (SSSR count). The number of quaternary nitrogens is 1. The minimum atomic E-state index is -0.151. The fourth-order valence-corrected chi connectivity index (χ4v) is 3.45. The summed E-state index contributed by atoms with van der Waals surface area (Å²) in [5, 5.41) is 2.88. The van der Waals surface area contributed by atoms with Crippen LogP contribution in [0.3, 0.4) is 0 Å². The second kappa shape index (κ2) is 10.8. The second-order valence-electron chi connectivity index (χ2n) is 7.84. The molecular weight excluding hydrogens is 378 g/mol. The summed E-state index contributed by atoms with van der Waals surface area (Å²) in [5.41, 5.74) is 2.54. The van der Waals surface area contributed by atoms with Crippen molar-refractivity contribution in [3.05, 3.63) is 54.1 Å². The number of carbonyl (C=O) groups is 2. The van der Waals surface area contributed by atoms with E-state index in [9.17, 15) is 9.59 Å². The molecule has 1 amide bonds. The van der Waals surface area contributed by atoms with Gasteiger partial charge in [0, 0.05) is 29.8 Å². The summed E-state index contributed by atoms with van der Waals surface area (Å²) < 4.78 is 5.53. The highest BCUT2D eigenvalue weighted by Crippen LogP contribution is 2.19. The predicted octanol–water partition coefficient (Wildman–Crippen LogP) is 2.41. The van der Waals surface area contributed by atoms with Gasteiger partial charge in [0.1, 0.15) is 5.75 Å². The molecule has 6 nitrogen and oxygen atoms in total. The van der Waals surface area contributed by atoms with E-state index in [0.29, 0.717) is 12.2 Å². The van der Waals surface area contributed by atoms with Crippen LogP contribution >= 0.6 is 0 Å². The van der Waals surface area contributed by atoms with E-state index >= 15 is 0 Å². The number of Topliss-reactive ketones (excluding diaryl/α,β-unsaturated/α-hetero) is 1. The van der Waals surface area contributed by atoms with Gasteiger partial charge in [0.25, 0.3) is 0 Å². The molecule has 30 heavy (non-hydrogen) atoms. The molecule has 1 heterocycles. The van der Waals surface area contributed by atoms with Gasteiger partial charge in [-0.05, 0) is 55.0 Å². The number of carbonyl (C=O) groups excluding carboxylic acids is 2. The number of piperazine rings is 1. The number of amides is 1. The van der Waals surface area contributed by atoms with E-state index in [1.54, 1.807) is 29.2 Å². The molecule has 0 radical (unpaired) electrons. The van der Waals surface area contributed by atoms with Crippen LogP contribution in [0, 0.1) is 0 Å². The number of nitrogens with one attached hydrogen (secondary N) is 2. The maximum absolute atomic E-state index is 12.3. The van der Waals surface area contributed by atoms with Gasteiger partial charge in [0.2, 0.25) is 5.91 Å². The van der Waals surface area contributed by atoms with Gasteiger partial charge in [0.05, 0.1) is 39.8 Å². The summed E-state index contributed by atoms with van der Waals surface area (Å²) >= 11 is 0. The zero-order valence-electron chi connectivity index (χ0n) is 17.9. The van der Waals surface area contributed by atoms with Crippen LogP contribution in [-0.4, -0.2) is 51.5 Å².